The van der Waals surface area contributed by atoms with E-state index in [-0.39, 0.29) is 0 Å². The van der Waals surface area contributed by atoms with Gasteiger partial charge in [-0.1, -0.05) is 0 Å². The van der Waals surface area contributed by atoms with Gasteiger partial charge < -0.3 is 14.8 Å². The second kappa shape index (κ2) is 6.61. The maximum atomic E-state index is 6.11. The van der Waals surface area contributed by atoms with Crippen LogP contribution in [0.15, 0.2) is 12.1 Å². The highest BCUT2D eigenvalue weighted by molar-refractivity contribution is 14.1. The maximum Gasteiger partial charge on any atom is 0.174 e. The monoisotopic (exact) mass is 361 g/mol. The van der Waals surface area contributed by atoms with Crippen LogP contribution in [0.3, 0.4) is 0 Å². The van der Waals surface area contributed by atoms with Crippen LogP contribution in [0.4, 0.5) is 0 Å². The average Bonchev–Trinajstić information content (AvgIpc) is 2.85. The van der Waals surface area contributed by atoms with Gasteiger partial charge in [-0.2, -0.15) is 0 Å². The zero-order valence-electron chi connectivity index (χ0n) is 11.0. The van der Waals surface area contributed by atoms with E-state index in [1.54, 1.807) is 7.11 Å². The van der Waals surface area contributed by atoms with E-state index in [0.717, 1.165) is 34.5 Å². The summed E-state index contributed by atoms with van der Waals surface area (Å²) in [6, 6.07) is 4.22. The molecule has 0 aromatic heterocycles. The van der Waals surface area contributed by atoms with Gasteiger partial charge in [-0.15, -0.1) is 0 Å². The van der Waals surface area contributed by atoms with Gasteiger partial charge in [-0.25, -0.2) is 0 Å². The van der Waals surface area contributed by atoms with Crippen molar-refractivity contribution in [1.29, 1.82) is 0 Å². The molecule has 0 spiro atoms. The van der Waals surface area contributed by atoms with Crippen molar-refractivity contribution in [1.82, 2.24) is 5.32 Å². The summed E-state index contributed by atoms with van der Waals surface area (Å²) in [5.41, 5.74) is 1.22. The number of methoxy groups -OCH3 is 1. The summed E-state index contributed by atoms with van der Waals surface area (Å²) < 4.78 is 12.7. The molecule has 0 radical (unpaired) electrons. The van der Waals surface area contributed by atoms with Crippen LogP contribution in [0, 0.1) is 3.57 Å². The van der Waals surface area contributed by atoms with Gasteiger partial charge in [-0.3, -0.25) is 0 Å². The largest absolute Gasteiger partial charge is 0.493 e. The Bertz CT molecular complexity index is 403. The van der Waals surface area contributed by atoms with Crippen molar-refractivity contribution in [3.63, 3.8) is 0 Å². The summed E-state index contributed by atoms with van der Waals surface area (Å²) in [5, 5.41) is 3.16. The molecule has 0 amide bonds. The van der Waals surface area contributed by atoms with Crippen LogP contribution >= 0.6 is 22.6 Å². The summed E-state index contributed by atoms with van der Waals surface area (Å²) in [6.45, 7) is 0.843. The summed E-state index contributed by atoms with van der Waals surface area (Å²) in [5.74, 6) is 1.75. The Morgan fingerprint density at radius 1 is 1.33 bits per heavy atom. The third-order valence-electron chi connectivity index (χ3n) is 3.26. The number of ether oxygens (including phenoxy) is 2. The van der Waals surface area contributed by atoms with E-state index in [4.69, 9.17) is 9.47 Å². The van der Waals surface area contributed by atoms with Crippen molar-refractivity contribution < 1.29 is 9.47 Å². The van der Waals surface area contributed by atoms with Crippen molar-refractivity contribution in [3.8, 4) is 11.5 Å². The topological polar surface area (TPSA) is 30.5 Å². The fraction of sp³-hybridized carbons (Fsp3) is 0.571. The van der Waals surface area contributed by atoms with Crippen molar-refractivity contribution in [2.45, 2.75) is 38.3 Å². The molecule has 1 aliphatic carbocycles. The zero-order chi connectivity index (χ0) is 13.0. The molecule has 1 aliphatic rings. The molecule has 1 N–H and O–H groups in total. The Morgan fingerprint density at radius 3 is 2.67 bits per heavy atom. The van der Waals surface area contributed by atoms with Gasteiger partial charge in [0.25, 0.3) is 0 Å². The molecule has 100 valence electrons. The van der Waals surface area contributed by atoms with E-state index in [0.29, 0.717) is 6.10 Å². The SMILES string of the molecule is CNCc1cc(I)c(OC2CCCC2)c(OC)c1. The van der Waals surface area contributed by atoms with Gasteiger partial charge in [0.05, 0.1) is 16.8 Å². The summed E-state index contributed by atoms with van der Waals surface area (Å²) in [6.07, 6.45) is 5.25. The van der Waals surface area contributed by atoms with Crippen LogP contribution in [0.25, 0.3) is 0 Å². The Morgan fingerprint density at radius 2 is 2.06 bits per heavy atom. The minimum Gasteiger partial charge on any atom is -0.493 e. The predicted molar refractivity (Wildman–Crippen MR) is 81.4 cm³/mol. The van der Waals surface area contributed by atoms with Crippen LogP contribution in [0.1, 0.15) is 31.2 Å². The van der Waals surface area contributed by atoms with Crippen LogP contribution < -0.4 is 14.8 Å². The predicted octanol–water partition coefficient (Wildman–Crippen LogP) is 3.34. The van der Waals surface area contributed by atoms with E-state index in [1.807, 2.05) is 7.05 Å². The first-order chi connectivity index (χ1) is 8.74. The first-order valence-electron chi connectivity index (χ1n) is 6.42. The van der Waals surface area contributed by atoms with Crippen LogP contribution in [-0.2, 0) is 6.54 Å². The molecular formula is C14H20INO2. The molecule has 0 heterocycles. The molecule has 0 atom stereocenters. The third-order valence-corrected chi connectivity index (χ3v) is 4.06. The van der Waals surface area contributed by atoms with Gasteiger partial charge in [0.2, 0.25) is 0 Å². The molecule has 0 aliphatic heterocycles. The second-order valence-corrected chi connectivity index (χ2v) is 5.83. The van der Waals surface area contributed by atoms with Crippen LogP contribution in [0.2, 0.25) is 0 Å². The van der Waals surface area contributed by atoms with E-state index in [2.05, 4.69) is 40.0 Å². The number of rotatable bonds is 5. The minimum atomic E-state index is 0.363. The fourth-order valence-corrected chi connectivity index (χ4v) is 3.16. The maximum absolute atomic E-state index is 6.11. The van der Waals surface area contributed by atoms with Crippen molar-refractivity contribution >= 4 is 22.6 Å². The summed E-state index contributed by atoms with van der Waals surface area (Å²) in [7, 11) is 3.65. The Kier molecular flexibility index (Phi) is 5.12. The van der Waals surface area contributed by atoms with Crippen molar-refractivity contribution in [2.75, 3.05) is 14.2 Å². The van der Waals surface area contributed by atoms with Crippen molar-refractivity contribution in [2.24, 2.45) is 0 Å². The Balaban J connectivity index is 2.21. The summed E-state index contributed by atoms with van der Waals surface area (Å²) >= 11 is 2.33. The zero-order valence-corrected chi connectivity index (χ0v) is 13.1. The fourth-order valence-electron chi connectivity index (χ4n) is 2.37. The molecule has 0 unspecified atom stereocenters. The molecule has 0 saturated heterocycles. The number of hydrogen-bond donors (Lipinski definition) is 1. The minimum absolute atomic E-state index is 0.363. The highest BCUT2D eigenvalue weighted by atomic mass is 127. The smallest absolute Gasteiger partial charge is 0.174 e. The lowest BCUT2D eigenvalue weighted by Gasteiger charge is -2.18. The average molecular weight is 361 g/mol. The molecule has 18 heavy (non-hydrogen) atoms. The molecular weight excluding hydrogens is 341 g/mol. The first kappa shape index (κ1) is 13.9. The Hall–Kier alpha value is -0.490. The van der Waals surface area contributed by atoms with E-state index < -0.39 is 0 Å². The standard InChI is InChI=1S/C14H20INO2/c1-16-9-10-7-12(15)14(13(8-10)17-2)18-11-5-3-4-6-11/h7-8,11,16H,3-6,9H2,1-2H3. The first-order valence-corrected chi connectivity index (χ1v) is 7.50. The van der Waals surface area contributed by atoms with Gasteiger partial charge in [-0.05, 0) is 73.0 Å². The molecule has 1 aromatic carbocycles. The number of hydrogen-bond acceptors (Lipinski definition) is 3. The molecule has 1 aromatic rings. The number of halogens is 1. The van der Waals surface area contributed by atoms with Crippen LogP contribution in [0.5, 0.6) is 11.5 Å². The lowest BCUT2D eigenvalue weighted by molar-refractivity contribution is 0.199. The molecule has 0 bridgehead atoms. The quantitative estimate of drug-likeness (QED) is 0.816. The number of benzene rings is 1. The van der Waals surface area contributed by atoms with Gasteiger partial charge in [0.1, 0.15) is 0 Å². The molecule has 2 rings (SSSR count). The summed E-state index contributed by atoms with van der Waals surface area (Å²) in [4.78, 5) is 0. The molecule has 3 nitrogen and oxygen atoms in total. The second-order valence-electron chi connectivity index (χ2n) is 4.66. The molecule has 1 saturated carbocycles. The number of nitrogens with one attached hydrogen (secondary N) is 1. The van der Waals surface area contributed by atoms with Gasteiger partial charge >= 0.3 is 0 Å². The van der Waals surface area contributed by atoms with Gasteiger partial charge in [0, 0.05) is 6.54 Å². The molecule has 4 heteroatoms. The third kappa shape index (κ3) is 3.29. The highest BCUT2D eigenvalue weighted by Gasteiger charge is 2.20. The highest BCUT2D eigenvalue weighted by Crippen LogP contribution is 2.36. The van der Waals surface area contributed by atoms with E-state index >= 15 is 0 Å². The van der Waals surface area contributed by atoms with Gasteiger partial charge in [0.15, 0.2) is 11.5 Å². The van der Waals surface area contributed by atoms with E-state index in [1.165, 1.54) is 18.4 Å². The normalized spacial score (nSPS) is 15.9. The lowest BCUT2D eigenvalue weighted by atomic mass is 10.2. The van der Waals surface area contributed by atoms with Crippen LogP contribution in [-0.4, -0.2) is 20.3 Å². The van der Waals surface area contributed by atoms with E-state index in [9.17, 15) is 0 Å². The van der Waals surface area contributed by atoms with Crippen molar-refractivity contribution in [3.05, 3.63) is 21.3 Å². The molecule has 1 fully saturated rings. The Labute approximate surface area is 122 Å². The lowest BCUT2D eigenvalue weighted by Crippen LogP contribution is -2.13.